The van der Waals surface area contributed by atoms with Crippen molar-refractivity contribution < 1.29 is 68.7 Å². The van der Waals surface area contributed by atoms with Gasteiger partial charge in [0.1, 0.15) is 0 Å². The first kappa shape index (κ1) is 13.6. The van der Waals surface area contributed by atoms with Gasteiger partial charge in [0.25, 0.3) is 0 Å². The minimum atomic E-state index is -5.27. The second-order valence-corrected chi connectivity index (χ2v) is 2.28. The van der Waals surface area contributed by atoms with Gasteiger partial charge in [0, 0.05) is 12.7 Å². The van der Waals surface area contributed by atoms with Crippen LogP contribution < -0.4 is 56.8 Å². The van der Waals surface area contributed by atoms with Crippen molar-refractivity contribution in [2.45, 2.75) is 13.5 Å². The maximum absolute atomic E-state index is 12.7. The van der Waals surface area contributed by atoms with Crippen molar-refractivity contribution in [3.63, 3.8) is 0 Å². The molecule has 0 aliphatic rings. The van der Waals surface area contributed by atoms with Gasteiger partial charge in [-0.3, -0.25) is 0 Å². The van der Waals surface area contributed by atoms with E-state index < -0.39 is 18.4 Å². The van der Waals surface area contributed by atoms with Crippen LogP contribution in [0, 0.1) is 5.95 Å². The molecule has 0 radical (unpaired) electrons. The summed E-state index contributed by atoms with van der Waals surface area (Å²) in [6, 6.07) is 0. The van der Waals surface area contributed by atoms with E-state index in [1.165, 1.54) is 6.92 Å². The second-order valence-electron chi connectivity index (χ2n) is 2.28. The number of aromatic nitrogens is 2. The first-order chi connectivity index (χ1) is 5.46. The van der Waals surface area contributed by atoms with Gasteiger partial charge < -0.3 is 12.9 Å². The quantitative estimate of drug-likeness (QED) is 0.420. The van der Waals surface area contributed by atoms with Gasteiger partial charge in [-0.25, -0.2) is 4.68 Å². The van der Waals surface area contributed by atoms with Crippen molar-refractivity contribution in [1.82, 2.24) is 9.78 Å². The first-order valence-electron chi connectivity index (χ1n) is 3.38. The molecule has 0 atom stereocenters. The molecule has 0 N–H and O–H groups in total. The Morgan fingerprint density at radius 2 is 2.00 bits per heavy atom. The number of nitrogens with zero attached hydrogens (tertiary/aromatic N) is 2. The Balaban J connectivity index is 0.00000144. The standard InChI is InChI=1S/C5H6BF4N2.K/c1-2-12-5(7)4(3-11-12)6(8,9)10;/h3H,2H2,1H3;/q-1;+1. The van der Waals surface area contributed by atoms with Gasteiger partial charge in [-0.05, 0) is 12.4 Å². The fourth-order valence-corrected chi connectivity index (χ4v) is 0.825. The normalized spacial score (nSPS) is 11.2. The van der Waals surface area contributed by atoms with Crippen LogP contribution in [-0.4, -0.2) is 16.8 Å². The molecule has 0 bridgehead atoms. The fraction of sp³-hybridized carbons (Fsp3) is 0.400. The van der Waals surface area contributed by atoms with Crippen molar-refractivity contribution in [2.75, 3.05) is 0 Å². The summed E-state index contributed by atoms with van der Waals surface area (Å²) < 4.78 is 49.3. The average molecular weight is 220 g/mol. The molecule has 2 nitrogen and oxygen atoms in total. The van der Waals surface area contributed by atoms with E-state index >= 15 is 0 Å². The molecule has 0 unspecified atom stereocenters. The molecular weight excluding hydrogens is 214 g/mol. The van der Waals surface area contributed by atoms with Crippen LogP contribution >= 0.6 is 0 Å². The Morgan fingerprint density at radius 1 is 1.46 bits per heavy atom. The summed E-state index contributed by atoms with van der Waals surface area (Å²) in [6.07, 6.45) is 0.513. The first-order valence-corrected chi connectivity index (χ1v) is 3.38. The molecule has 1 rings (SSSR count). The third-order valence-electron chi connectivity index (χ3n) is 1.45. The number of aryl methyl sites for hydroxylation is 1. The minimum absolute atomic E-state index is 0. The second kappa shape index (κ2) is 4.92. The molecule has 0 aliphatic carbocycles. The molecule has 0 aromatic carbocycles. The molecule has 0 amide bonds. The van der Waals surface area contributed by atoms with Crippen LogP contribution in [0.3, 0.4) is 0 Å². The number of halogens is 4. The summed E-state index contributed by atoms with van der Waals surface area (Å²) in [6.45, 7) is -3.66. The van der Waals surface area contributed by atoms with Gasteiger partial charge in [-0.1, -0.05) is 0 Å². The van der Waals surface area contributed by atoms with E-state index in [0.29, 0.717) is 10.9 Å². The van der Waals surface area contributed by atoms with E-state index in [9.17, 15) is 17.3 Å². The van der Waals surface area contributed by atoms with Gasteiger partial charge in [0.05, 0.1) is 0 Å². The average Bonchev–Trinajstić information content (AvgIpc) is 2.29. The van der Waals surface area contributed by atoms with E-state index in [2.05, 4.69) is 5.10 Å². The predicted molar refractivity (Wildman–Crippen MR) is 36.6 cm³/mol. The van der Waals surface area contributed by atoms with Crippen LogP contribution in [-0.2, 0) is 6.54 Å². The summed E-state index contributed by atoms with van der Waals surface area (Å²) in [7, 11) is 0. The monoisotopic (exact) mass is 220 g/mol. The van der Waals surface area contributed by atoms with E-state index in [4.69, 9.17) is 0 Å². The summed E-state index contributed by atoms with van der Waals surface area (Å²) in [5, 5.41) is 3.24. The molecule has 8 heteroatoms. The third kappa shape index (κ3) is 3.05. The third-order valence-corrected chi connectivity index (χ3v) is 1.45. The Hall–Kier alpha value is 0.631. The molecule has 0 spiro atoms. The maximum Gasteiger partial charge on any atom is 1.00 e. The molecule has 1 aromatic rings. The molecule has 1 heterocycles. The van der Waals surface area contributed by atoms with Crippen LogP contribution in [0.5, 0.6) is 0 Å². The van der Waals surface area contributed by atoms with Gasteiger partial charge in [0.15, 0.2) is 5.95 Å². The van der Waals surface area contributed by atoms with Gasteiger partial charge in [-0.15, -0.1) is 0 Å². The van der Waals surface area contributed by atoms with Crippen LogP contribution in [0.1, 0.15) is 6.92 Å². The van der Waals surface area contributed by atoms with Gasteiger partial charge in [-0.2, -0.15) is 9.49 Å². The van der Waals surface area contributed by atoms with E-state index in [-0.39, 0.29) is 57.9 Å². The number of hydrogen-bond donors (Lipinski definition) is 0. The predicted octanol–water partition coefficient (Wildman–Crippen LogP) is -1.90. The number of rotatable bonds is 2. The van der Waals surface area contributed by atoms with E-state index in [0.717, 1.165) is 0 Å². The Kier molecular flexibility index (Phi) is 5.16. The van der Waals surface area contributed by atoms with Crippen LogP contribution in [0.15, 0.2) is 6.20 Å². The van der Waals surface area contributed by atoms with Crippen molar-refractivity contribution >= 4 is 12.4 Å². The molecule has 0 fully saturated rings. The molecule has 0 saturated heterocycles. The molecule has 0 saturated carbocycles. The summed E-state index contributed by atoms with van der Waals surface area (Å²) in [4.78, 5) is 0. The molecule has 13 heavy (non-hydrogen) atoms. The molecule has 0 aliphatic heterocycles. The minimum Gasteiger partial charge on any atom is -0.445 e. The van der Waals surface area contributed by atoms with Crippen LogP contribution in [0.2, 0.25) is 0 Å². The van der Waals surface area contributed by atoms with Crippen LogP contribution in [0.4, 0.5) is 17.3 Å². The largest absolute Gasteiger partial charge is 1.00 e. The summed E-state index contributed by atoms with van der Waals surface area (Å²) in [5.41, 5.74) is -1.25. The van der Waals surface area contributed by atoms with E-state index in [1.807, 2.05) is 0 Å². The van der Waals surface area contributed by atoms with Crippen molar-refractivity contribution in [1.29, 1.82) is 0 Å². The number of hydrogen-bond acceptors (Lipinski definition) is 1. The Morgan fingerprint density at radius 3 is 2.23 bits per heavy atom. The smallest absolute Gasteiger partial charge is 0.445 e. The van der Waals surface area contributed by atoms with Crippen molar-refractivity contribution in [2.24, 2.45) is 0 Å². The van der Waals surface area contributed by atoms with Crippen molar-refractivity contribution in [3.05, 3.63) is 12.1 Å². The Labute approximate surface area is 115 Å². The molecule has 1 aromatic heterocycles. The molecular formula is C5H6BF4KN2. The fourth-order valence-electron chi connectivity index (χ4n) is 0.825. The summed E-state index contributed by atoms with van der Waals surface area (Å²) >= 11 is 0. The molecule has 68 valence electrons. The van der Waals surface area contributed by atoms with Crippen LogP contribution in [0.25, 0.3) is 0 Å². The zero-order valence-electron chi connectivity index (χ0n) is 7.27. The van der Waals surface area contributed by atoms with E-state index in [1.54, 1.807) is 0 Å². The SMILES string of the molecule is CCn1ncc([B-](F)(F)F)c1F.[K+]. The zero-order chi connectivity index (χ0) is 9.35. The topological polar surface area (TPSA) is 17.8 Å². The summed E-state index contributed by atoms with van der Waals surface area (Å²) in [5.74, 6) is -1.30. The van der Waals surface area contributed by atoms with Crippen molar-refractivity contribution in [3.8, 4) is 0 Å². The maximum atomic E-state index is 12.7. The Bertz CT molecular complexity index is 285. The van der Waals surface area contributed by atoms with Gasteiger partial charge >= 0.3 is 58.4 Å². The zero-order valence-corrected chi connectivity index (χ0v) is 10.4. The van der Waals surface area contributed by atoms with Gasteiger partial charge in [0.2, 0.25) is 0 Å².